The first-order valence-corrected chi connectivity index (χ1v) is 9.05. The highest BCUT2D eigenvalue weighted by Gasteiger charge is 2.30. The van der Waals surface area contributed by atoms with Gasteiger partial charge in [0.25, 0.3) is 5.91 Å². The Balaban J connectivity index is 1.37. The molecule has 5 rings (SSSR count). The molecule has 0 saturated heterocycles. The number of rotatable bonds is 4. The normalized spacial score (nSPS) is 13.3. The van der Waals surface area contributed by atoms with Crippen LogP contribution in [0.15, 0.2) is 66.9 Å². The van der Waals surface area contributed by atoms with Crippen LogP contribution in [-0.4, -0.2) is 32.5 Å². The van der Waals surface area contributed by atoms with Crippen LogP contribution < -0.4 is 0 Å². The first-order chi connectivity index (χ1) is 13.3. The van der Waals surface area contributed by atoms with Crippen LogP contribution in [-0.2, 0) is 13.0 Å². The lowest BCUT2D eigenvalue weighted by molar-refractivity contribution is 0.0780. The van der Waals surface area contributed by atoms with E-state index in [-0.39, 0.29) is 5.91 Å². The molecule has 2 aromatic carbocycles. The number of pyridine rings is 1. The van der Waals surface area contributed by atoms with Gasteiger partial charge in [0, 0.05) is 42.4 Å². The second-order valence-corrected chi connectivity index (χ2v) is 6.77. The summed E-state index contributed by atoms with van der Waals surface area (Å²) in [5, 5.41) is 8.20. The van der Waals surface area contributed by atoms with Gasteiger partial charge >= 0.3 is 0 Å². The number of hydrogen-bond acceptors (Lipinski definition) is 3. The first-order valence-electron chi connectivity index (χ1n) is 9.05. The number of nitrogens with zero attached hydrogens (tertiary/aromatic N) is 3. The fourth-order valence-corrected chi connectivity index (χ4v) is 3.72. The summed E-state index contributed by atoms with van der Waals surface area (Å²) in [5.41, 5.74) is 5.53. The molecule has 1 aliphatic heterocycles. The highest BCUT2D eigenvalue weighted by atomic mass is 16.2. The summed E-state index contributed by atoms with van der Waals surface area (Å²) in [6, 6.07) is 20.1. The Bertz CT molecular complexity index is 1130. The summed E-state index contributed by atoms with van der Waals surface area (Å²) < 4.78 is 0. The molecule has 0 radical (unpaired) electrons. The predicted octanol–water partition coefficient (Wildman–Crippen LogP) is 3.82. The molecule has 0 fully saturated rings. The maximum atomic E-state index is 13.0. The Labute approximate surface area is 156 Å². The fraction of sp³-hybridized carbons (Fsp3) is 0.136. The molecule has 4 aromatic rings. The van der Waals surface area contributed by atoms with Crippen molar-refractivity contribution in [2.24, 2.45) is 0 Å². The van der Waals surface area contributed by atoms with Crippen LogP contribution in [0.1, 0.15) is 21.6 Å². The maximum absolute atomic E-state index is 13.0. The molecular weight excluding hydrogens is 336 g/mol. The minimum atomic E-state index is 0.0735. The number of fused-ring (bicyclic) bond motifs is 2. The van der Waals surface area contributed by atoms with Crippen LogP contribution in [0.4, 0.5) is 0 Å². The van der Waals surface area contributed by atoms with E-state index in [9.17, 15) is 4.79 Å². The molecule has 27 heavy (non-hydrogen) atoms. The Morgan fingerprint density at radius 1 is 1.00 bits per heavy atom. The first kappa shape index (κ1) is 15.8. The van der Waals surface area contributed by atoms with E-state index in [2.05, 4.69) is 22.3 Å². The van der Waals surface area contributed by atoms with Gasteiger partial charge in [-0.1, -0.05) is 42.5 Å². The zero-order valence-electron chi connectivity index (χ0n) is 14.7. The van der Waals surface area contributed by atoms with Gasteiger partial charge in [-0.15, -0.1) is 0 Å². The molecular formula is C22H18N4O. The fourth-order valence-electron chi connectivity index (χ4n) is 3.72. The van der Waals surface area contributed by atoms with E-state index in [4.69, 9.17) is 4.98 Å². The molecule has 5 heteroatoms. The summed E-state index contributed by atoms with van der Waals surface area (Å²) in [7, 11) is 0. The number of carbonyl (C=O) groups is 1. The zero-order valence-corrected chi connectivity index (χ0v) is 14.7. The van der Waals surface area contributed by atoms with Gasteiger partial charge in [-0.05, 0) is 23.8 Å². The van der Waals surface area contributed by atoms with Crippen LogP contribution in [0, 0.1) is 0 Å². The van der Waals surface area contributed by atoms with Gasteiger partial charge in [0.1, 0.15) is 0 Å². The predicted molar refractivity (Wildman–Crippen MR) is 104 cm³/mol. The third kappa shape index (κ3) is 2.77. The molecule has 0 saturated carbocycles. The smallest absolute Gasteiger partial charge is 0.255 e. The number of amides is 1. The Morgan fingerprint density at radius 3 is 2.81 bits per heavy atom. The number of aromatic nitrogens is 3. The third-order valence-corrected chi connectivity index (χ3v) is 5.08. The lowest BCUT2D eigenvalue weighted by Crippen LogP contribution is -2.26. The topological polar surface area (TPSA) is 61.9 Å². The van der Waals surface area contributed by atoms with E-state index in [1.165, 1.54) is 0 Å². The van der Waals surface area contributed by atoms with Gasteiger partial charge in [-0.3, -0.25) is 14.9 Å². The van der Waals surface area contributed by atoms with E-state index >= 15 is 0 Å². The molecule has 1 N–H and O–H groups in total. The summed E-state index contributed by atoms with van der Waals surface area (Å²) in [5.74, 6) is 0.0735. The largest absolute Gasteiger partial charge is 0.334 e. The highest BCUT2D eigenvalue weighted by Crippen LogP contribution is 2.31. The molecule has 0 atom stereocenters. The summed E-state index contributed by atoms with van der Waals surface area (Å²) in [6.45, 7) is 1.29. The van der Waals surface area contributed by atoms with E-state index < -0.39 is 0 Å². The maximum Gasteiger partial charge on any atom is 0.255 e. The van der Waals surface area contributed by atoms with E-state index in [0.717, 1.165) is 45.4 Å². The molecule has 0 unspecified atom stereocenters. The van der Waals surface area contributed by atoms with Crippen LogP contribution in [0.25, 0.3) is 22.2 Å². The van der Waals surface area contributed by atoms with Crippen molar-refractivity contribution >= 4 is 16.8 Å². The van der Waals surface area contributed by atoms with Crippen molar-refractivity contribution in [2.45, 2.75) is 13.0 Å². The number of benzene rings is 2. The number of aromatic amines is 1. The number of hydrogen-bond donors (Lipinski definition) is 1. The molecule has 1 aliphatic rings. The van der Waals surface area contributed by atoms with Crippen molar-refractivity contribution in [1.82, 2.24) is 20.1 Å². The summed E-state index contributed by atoms with van der Waals surface area (Å²) in [4.78, 5) is 19.6. The van der Waals surface area contributed by atoms with Gasteiger partial charge in [-0.25, -0.2) is 0 Å². The molecule has 0 spiro atoms. The van der Waals surface area contributed by atoms with Crippen molar-refractivity contribution in [3.8, 4) is 11.3 Å². The second kappa shape index (κ2) is 6.36. The molecule has 1 amide bonds. The molecule has 5 nitrogen and oxygen atoms in total. The monoisotopic (exact) mass is 354 g/mol. The SMILES string of the molecule is O=C1c2c(cccc2-c2cc[nH]n2)CN1CCc1ccc2ccccc2n1. The number of H-pyrrole nitrogens is 1. The lowest BCUT2D eigenvalue weighted by Gasteiger charge is -2.15. The van der Waals surface area contributed by atoms with Gasteiger partial charge in [0.2, 0.25) is 0 Å². The van der Waals surface area contributed by atoms with Crippen molar-refractivity contribution in [2.75, 3.05) is 6.54 Å². The van der Waals surface area contributed by atoms with E-state index in [0.29, 0.717) is 13.1 Å². The van der Waals surface area contributed by atoms with Gasteiger partial charge in [0.05, 0.1) is 16.8 Å². The summed E-state index contributed by atoms with van der Waals surface area (Å²) in [6.07, 6.45) is 2.51. The van der Waals surface area contributed by atoms with Gasteiger partial charge in [0.15, 0.2) is 0 Å². The Morgan fingerprint density at radius 2 is 1.93 bits per heavy atom. The average molecular weight is 354 g/mol. The standard InChI is InChI=1S/C22H18N4O/c27-22-21-16(5-3-6-18(21)20-10-12-23-25-20)14-26(22)13-11-17-9-8-15-4-1-2-7-19(15)24-17/h1-10,12H,11,13-14H2,(H,23,25). The quantitative estimate of drug-likeness (QED) is 0.606. The Hall–Kier alpha value is -3.47. The molecule has 0 bridgehead atoms. The van der Waals surface area contributed by atoms with Crippen LogP contribution in [0.5, 0.6) is 0 Å². The van der Waals surface area contributed by atoms with E-state index in [1.807, 2.05) is 53.4 Å². The van der Waals surface area contributed by atoms with Gasteiger partial charge < -0.3 is 4.90 Å². The second-order valence-electron chi connectivity index (χ2n) is 6.77. The zero-order chi connectivity index (χ0) is 18.2. The molecule has 132 valence electrons. The molecule has 2 aromatic heterocycles. The third-order valence-electron chi connectivity index (χ3n) is 5.08. The van der Waals surface area contributed by atoms with Crippen molar-refractivity contribution in [3.05, 3.63) is 83.7 Å². The lowest BCUT2D eigenvalue weighted by atomic mass is 10.0. The van der Waals surface area contributed by atoms with Crippen LogP contribution >= 0.6 is 0 Å². The molecule has 3 heterocycles. The van der Waals surface area contributed by atoms with Crippen molar-refractivity contribution in [1.29, 1.82) is 0 Å². The molecule has 0 aliphatic carbocycles. The van der Waals surface area contributed by atoms with E-state index in [1.54, 1.807) is 6.20 Å². The summed E-state index contributed by atoms with van der Waals surface area (Å²) >= 11 is 0. The number of nitrogens with one attached hydrogen (secondary N) is 1. The van der Waals surface area contributed by atoms with Gasteiger partial charge in [-0.2, -0.15) is 5.10 Å². The number of para-hydroxylation sites is 1. The average Bonchev–Trinajstić information content (AvgIpc) is 3.35. The van der Waals surface area contributed by atoms with Crippen LogP contribution in [0.3, 0.4) is 0 Å². The Kier molecular flexibility index (Phi) is 3.71. The minimum absolute atomic E-state index is 0.0735. The minimum Gasteiger partial charge on any atom is -0.334 e. The van der Waals surface area contributed by atoms with Crippen molar-refractivity contribution in [3.63, 3.8) is 0 Å². The van der Waals surface area contributed by atoms with Crippen molar-refractivity contribution < 1.29 is 4.79 Å². The number of carbonyl (C=O) groups excluding carboxylic acids is 1. The highest BCUT2D eigenvalue weighted by molar-refractivity contribution is 6.04. The van der Waals surface area contributed by atoms with Crippen LogP contribution in [0.2, 0.25) is 0 Å².